The number of primary amides is 1. The summed E-state index contributed by atoms with van der Waals surface area (Å²) in [5, 5.41) is 6.43. The maximum Gasteiger partial charge on any atom is 0.312 e. The van der Waals surface area contributed by atoms with E-state index in [-0.39, 0.29) is 18.3 Å². The third-order valence-electron chi connectivity index (χ3n) is 2.92. The summed E-state index contributed by atoms with van der Waals surface area (Å²) in [4.78, 5) is 14.9. The number of nitrogens with zero attached hydrogens (tertiary/aromatic N) is 2. The highest BCUT2D eigenvalue weighted by Gasteiger charge is 2.30. The first kappa shape index (κ1) is 14.7. The second-order valence-corrected chi connectivity index (χ2v) is 4.98. The van der Waals surface area contributed by atoms with Crippen LogP contribution in [0.3, 0.4) is 0 Å². The first-order valence-electron chi connectivity index (χ1n) is 6.67. The lowest BCUT2D eigenvalue weighted by molar-refractivity contribution is 0.0401. The summed E-state index contributed by atoms with van der Waals surface area (Å²) < 4.78 is 16.2. The van der Waals surface area contributed by atoms with E-state index < -0.39 is 6.03 Å². The minimum absolute atomic E-state index is 0.0682. The van der Waals surface area contributed by atoms with Gasteiger partial charge in [-0.25, -0.2) is 4.79 Å². The molecular formula is C12H20N4O4. The Labute approximate surface area is 117 Å². The molecule has 0 saturated carbocycles. The van der Waals surface area contributed by atoms with Crippen molar-refractivity contribution in [3.8, 4) is 0 Å². The number of rotatable bonds is 6. The van der Waals surface area contributed by atoms with Gasteiger partial charge in [-0.2, -0.15) is 4.98 Å². The van der Waals surface area contributed by atoms with Crippen LogP contribution in [0.5, 0.6) is 0 Å². The van der Waals surface area contributed by atoms with Crippen LogP contribution >= 0.6 is 0 Å². The van der Waals surface area contributed by atoms with E-state index in [1.54, 1.807) is 0 Å². The van der Waals surface area contributed by atoms with Gasteiger partial charge in [-0.15, -0.1) is 0 Å². The van der Waals surface area contributed by atoms with E-state index in [9.17, 15) is 4.79 Å². The number of carbonyl (C=O) groups excluding carboxylic acids is 1. The van der Waals surface area contributed by atoms with Gasteiger partial charge in [0.1, 0.15) is 12.7 Å². The number of urea groups is 1. The van der Waals surface area contributed by atoms with Crippen molar-refractivity contribution in [1.82, 2.24) is 15.5 Å². The van der Waals surface area contributed by atoms with Gasteiger partial charge in [0.25, 0.3) is 5.89 Å². The smallest absolute Gasteiger partial charge is 0.312 e. The molecule has 1 fully saturated rings. The molecule has 1 aromatic heterocycles. The van der Waals surface area contributed by atoms with Crippen molar-refractivity contribution >= 4 is 6.03 Å². The summed E-state index contributed by atoms with van der Waals surface area (Å²) >= 11 is 0. The van der Waals surface area contributed by atoms with Gasteiger partial charge in [-0.05, 0) is 26.7 Å². The monoisotopic (exact) mass is 284 g/mol. The summed E-state index contributed by atoms with van der Waals surface area (Å²) in [6, 6.07) is -0.551. The summed E-state index contributed by atoms with van der Waals surface area (Å²) in [5.41, 5.74) is 5.02. The minimum Gasteiger partial charge on any atom is -0.369 e. The van der Waals surface area contributed by atoms with Crippen molar-refractivity contribution in [2.75, 3.05) is 6.54 Å². The number of amides is 2. The number of nitrogens with one attached hydrogen (secondary N) is 1. The molecule has 8 nitrogen and oxygen atoms in total. The molecule has 8 heteroatoms. The van der Waals surface area contributed by atoms with Crippen LogP contribution < -0.4 is 11.1 Å². The van der Waals surface area contributed by atoms with Crippen LogP contribution in [0.15, 0.2) is 4.52 Å². The van der Waals surface area contributed by atoms with Gasteiger partial charge in [0.15, 0.2) is 0 Å². The molecule has 0 radical (unpaired) electrons. The summed E-state index contributed by atoms with van der Waals surface area (Å²) in [6.45, 7) is 4.57. The van der Waals surface area contributed by atoms with Gasteiger partial charge in [0.2, 0.25) is 5.82 Å². The Bertz CT molecular complexity index is 448. The van der Waals surface area contributed by atoms with Gasteiger partial charge in [-0.3, -0.25) is 0 Å². The predicted molar refractivity (Wildman–Crippen MR) is 68.7 cm³/mol. The van der Waals surface area contributed by atoms with E-state index in [0.717, 1.165) is 12.8 Å². The Morgan fingerprint density at radius 2 is 2.35 bits per heavy atom. The van der Waals surface area contributed by atoms with Crippen molar-refractivity contribution in [3.63, 3.8) is 0 Å². The number of hydrogen-bond donors (Lipinski definition) is 2. The zero-order valence-electron chi connectivity index (χ0n) is 11.7. The SMILES string of the molecule is CC(C)OCc1nc(C2CCC(CNC(N)=O)O2)no1. The highest BCUT2D eigenvalue weighted by atomic mass is 16.5. The zero-order chi connectivity index (χ0) is 14.5. The van der Waals surface area contributed by atoms with Crippen molar-refractivity contribution in [1.29, 1.82) is 0 Å². The second kappa shape index (κ2) is 6.67. The molecule has 2 heterocycles. The molecule has 2 rings (SSSR count). The van der Waals surface area contributed by atoms with Crippen LogP contribution in [0.4, 0.5) is 4.79 Å². The van der Waals surface area contributed by atoms with Crippen LogP contribution in [0, 0.1) is 0 Å². The van der Waals surface area contributed by atoms with E-state index in [4.69, 9.17) is 19.7 Å². The van der Waals surface area contributed by atoms with Crippen molar-refractivity contribution in [2.45, 2.75) is 51.6 Å². The number of carbonyl (C=O) groups is 1. The zero-order valence-corrected chi connectivity index (χ0v) is 11.7. The Morgan fingerprint density at radius 1 is 1.55 bits per heavy atom. The third-order valence-corrected chi connectivity index (χ3v) is 2.92. The van der Waals surface area contributed by atoms with Gasteiger partial charge in [0.05, 0.1) is 12.2 Å². The predicted octanol–water partition coefficient (Wildman–Crippen LogP) is 0.883. The standard InChI is InChI=1S/C12H20N4O4/c1-7(2)18-6-10-15-11(16-20-10)9-4-3-8(19-9)5-14-12(13)17/h7-9H,3-6H2,1-2H3,(H3,13,14,17). The Kier molecular flexibility index (Phi) is 4.91. The molecule has 112 valence electrons. The third kappa shape index (κ3) is 4.17. The first-order chi connectivity index (χ1) is 9.54. The normalized spacial score (nSPS) is 22.4. The number of nitrogens with two attached hydrogens (primary N) is 1. The van der Waals surface area contributed by atoms with Crippen molar-refractivity contribution < 1.29 is 18.8 Å². The Morgan fingerprint density at radius 3 is 3.05 bits per heavy atom. The van der Waals surface area contributed by atoms with Gasteiger partial charge in [-0.1, -0.05) is 5.16 Å². The molecule has 1 aromatic rings. The molecule has 0 bridgehead atoms. The van der Waals surface area contributed by atoms with Gasteiger partial charge >= 0.3 is 6.03 Å². The molecule has 1 saturated heterocycles. The van der Waals surface area contributed by atoms with Gasteiger partial charge < -0.3 is 25.0 Å². The van der Waals surface area contributed by atoms with E-state index in [1.165, 1.54) is 0 Å². The average Bonchev–Trinajstić information content (AvgIpc) is 3.02. The van der Waals surface area contributed by atoms with Crippen LogP contribution in [-0.2, 0) is 16.1 Å². The van der Waals surface area contributed by atoms with Crippen LogP contribution in [0.2, 0.25) is 0 Å². The fourth-order valence-electron chi connectivity index (χ4n) is 1.96. The topological polar surface area (TPSA) is 113 Å². The van der Waals surface area contributed by atoms with E-state index >= 15 is 0 Å². The van der Waals surface area contributed by atoms with Crippen molar-refractivity contribution in [3.05, 3.63) is 11.7 Å². The molecule has 0 aliphatic carbocycles. The van der Waals surface area contributed by atoms with E-state index in [1.807, 2.05) is 13.8 Å². The van der Waals surface area contributed by atoms with Crippen molar-refractivity contribution in [2.24, 2.45) is 5.73 Å². The Balaban J connectivity index is 1.82. The maximum absolute atomic E-state index is 10.6. The van der Waals surface area contributed by atoms with Crippen LogP contribution in [0.1, 0.15) is 44.5 Å². The molecule has 0 spiro atoms. The molecule has 2 unspecified atom stereocenters. The second-order valence-electron chi connectivity index (χ2n) is 4.98. The van der Waals surface area contributed by atoms with E-state index in [0.29, 0.717) is 24.9 Å². The number of hydrogen-bond acceptors (Lipinski definition) is 6. The van der Waals surface area contributed by atoms with Gasteiger partial charge in [0, 0.05) is 6.54 Å². The molecule has 1 aliphatic rings. The molecule has 2 atom stereocenters. The minimum atomic E-state index is -0.551. The molecule has 1 aliphatic heterocycles. The maximum atomic E-state index is 10.6. The number of ether oxygens (including phenoxy) is 2. The molecule has 20 heavy (non-hydrogen) atoms. The lowest BCUT2D eigenvalue weighted by Gasteiger charge is -2.11. The summed E-state index contributed by atoms with van der Waals surface area (Å²) in [7, 11) is 0. The fraction of sp³-hybridized carbons (Fsp3) is 0.750. The lowest BCUT2D eigenvalue weighted by atomic mass is 10.2. The molecule has 0 aromatic carbocycles. The Hall–Kier alpha value is -1.67. The van der Waals surface area contributed by atoms with Crippen LogP contribution in [-0.4, -0.2) is 34.9 Å². The highest BCUT2D eigenvalue weighted by Crippen LogP contribution is 2.30. The fourth-order valence-corrected chi connectivity index (χ4v) is 1.96. The van der Waals surface area contributed by atoms with Crippen LogP contribution in [0.25, 0.3) is 0 Å². The first-order valence-corrected chi connectivity index (χ1v) is 6.67. The summed E-state index contributed by atoms with van der Waals surface area (Å²) in [6.07, 6.45) is 1.44. The number of aromatic nitrogens is 2. The molecule has 2 amide bonds. The average molecular weight is 284 g/mol. The summed E-state index contributed by atoms with van der Waals surface area (Å²) in [5.74, 6) is 0.963. The quantitative estimate of drug-likeness (QED) is 0.802. The molecular weight excluding hydrogens is 264 g/mol. The molecule has 3 N–H and O–H groups in total. The lowest BCUT2D eigenvalue weighted by Crippen LogP contribution is -2.35. The highest BCUT2D eigenvalue weighted by molar-refractivity contribution is 5.71. The van der Waals surface area contributed by atoms with E-state index in [2.05, 4.69) is 15.5 Å². The largest absolute Gasteiger partial charge is 0.369 e.